The number of hydrogen-bond donors (Lipinski definition) is 1. The first-order valence-electron chi connectivity index (χ1n) is 6.52. The van der Waals surface area contributed by atoms with Gasteiger partial charge in [-0.15, -0.1) is 0 Å². The van der Waals surface area contributed by atoms with Gasteiger partial charge in [0.1, 0.15) is 12.4 Å². The highest BCUT2D eigenvalue weighted by Gasteiger charge is 2.02. The summed E-state index contributed by atoms with van der Waals surface area (Å²) in [4.78, 5) is 0. The Bertz CT molecular complexity index is 374. The maximum absolute atomic E-state index is 5.98. The standard InChI is InChI=1S/C14H21Cl2NO2/c1-3-11(2)17-6-7-18-8-9-19-14-10-12(15)4-5-13(14)16/h4-5,10-11,17H,3,6-9H2,1-2H3. The van der Waals surface area contributed by atoms with Gasteiger partial charge in [-0.2, -0.15) is 0 Å². The van der Waals surface area contributed by atoms with Crippen molar-refractivity contribution in [1.82, 2.24) is 5.32 Å². The van der Waals surface area contributed by atoms with Gasteiger partial charge in [0.05, 0.1) is 18.2 Å². The van der Waals surface area contributed by atoms with E-state index in [9.17, 15) is 0 Å². The fraction of sp³-hybridized carbons (Fsp3) is 0.571. The highest BCUT2D eigenvalue weighted by atomic mass is 35.5. The third-order valence-electron chi connectivity index (χ3n) is 2.73. The van der Waals surface area contributed by atoms with E-state index in [0.29, 0.717) is 41.7 Å². The van der Waals surface area contributed by atoms with E-state index in [1.807, 2.05) is 0 Å². The second-order valence-corrected chi connectivity index (χ2v) is 5.14. The maximum atomic E-state index is 5.98. The molecule has 0 bridgehead atoms. The lowest BCUT2D eigenvalue weighted by molar-refractivity contribution is 0.100. The summed E-state index contributed by atoms with van der Waals surface area (Å²) in [7, 11) is 0. The lowest BCUT2D eigenvalue weighted by Crippen LogP contribution is -2.29. The molecule has 0 amide bonds. The zero-order chi connectivity index (χ0) is 14.1. The molecule has 1 aromatic rings. The predicted molar refractivity (Wildman–Crippen MR) is 80.5 cm³/mol. The third-order valence-corrected chi connectivity index (χ3v) is 3.28. The van der Waals surface area contributed by atoms with Crippen LogP contribution in [0, 0.1) is 0 Å². The molecule has 1 rings (SSSR count). The Morgan fingerprint density at radius 1 is 1.21 bits per heavy atom. The summed E-state index contributed by atoms with van der Waals surface area (Å²) in [6.07, 6.45) is 1.12. The van der Waals surface area contributed by atoms with Crippen molar-refractivity contribution >= 4 is 23.2 Å². The number of ether oxygens (including phenoxy) is 2. The van der Waals surface area contributed by atoms with Crippen molar-refractivity contribution in [3.8, 4) is 5.75 Å². The molecule has 0 radical (unpaired) electrons. The molecule has 0 aromatic heterocycles. The molecule has 0 aliphatic heterocycles. The molecule has 0 fully saturated rings. The van der Waals surface area contributed by atoms with Gasteiger partial charge < -0.3 is 14.8 Å². The Morgan fingerprint density at radius 3 is 2.74 bits per heavy atom. The van der Waals surface area contributed by atoms with E-state index in [2.05, 4.69) is 19.2 Å². The van der Waals surface area contributed by atoms with Crippen molar-refractivity contribution in [3.63, 3.8) is 0 Å². The first kappa shape index (κ1) is 16.6. The SMILES string of the molecule is CCC(C)NCCOCCOc1cc(Cl)ccc1Cl. The van der Waals surface area contributed by atoms with E-state index >= 15 is 0 Å². The Hall–Kier alpha value is -0.480. The normalized spacial score (nSPS) is 12.4. The fourth-order valence-corrected chi connectivity index (χ4v) is 1.76. The topological polar surface area (TPSA) is 30.5 Å². The summed E-state index contributed by atoms with van der Waals surface area (Å²) in [5.41, 5.74) is 0. The predicted octanol–water partition coefficient (Wildman–Crippen LogP) is 3.78. The first-order chi connectivity index (χ1) is 9.13. The van der Waals surface area contributed by atoms with E-state index in [1.165, 1.54) is 0 Å². The maximum Gasteiger partial charge on any atom is 0.139 e. The lowest BCUT2D eigenvalue weighted by atomic mass is 10.3. The van der Waals surface area contributed by atoms with Crippen molar-refractivity contribution in [2.75, 3.05) is 26.4 Å². The van der Waals surface area contributed by atoms with Gasteiger partial charge in [-0.1, -0.05) is 30.1 Å². The summed E-state index contributed by atoms with van der Waals surface area (Å²) in [6.45, 7) is 6.84. The average molecular weight is 306 g/mol. The van der Waals surface area contributed by atoms with Gasteiger partial charge in [-0.3, -0.25) is 0 Å². The van der Waals surface area contributed by atoms with Gasteiger partial charge in [-0.05, 0) is 25.5 Å². The molecule has 1 unspecified atom stereocenters. The van der Waals surface area contributed by atoms with Crippen LogP contribution in [0.4, 0.5) is 0 Å². The molecule has 1 aromatic carbocycles. The number of rotatable bonds is 9. The quantitative estimate of drug-likeness (QED) is 0.704. The van der Waals surface area contributed by atoms with E-state index in [0.717, 1.165) is 13.0 Å². The van der Waals surface area contributed by atoms with Crippen LogP contribution in [0.1, 0.15) is 20.3 Å². The van der Waals surface area contributed by atoms with Crippen molar-refractivity contribution in [3.05, 3.63) is 28.2 Å². The zero-order valence-electron chi connectivity index (χ0n) is 11.4. The Kier molecular flexibility index (Phi) is 8.22. The summed E-state index contributed by atoms with van der Waals surface area (Å²) in [5.74, 6) is 0.593. The van der Waals surface area contributed by atoms with Crippen molar-refractivity contribution in [2.24, 2.45) is 0 Å². The number of halogens is 2. The smallest absolute Gasteiger partial charge is 0.139 e. The summed E-state index contributed by atoms with van der Waals surface area (Å²) in [5, 5.41) is 4.52. The van der Waals surface area contributed by atoms with Gasteiger partial charge in [0.25, 0.3) is 0 Å². The van der Waals surface area contributed by atoms with Crippen LogP contribution in [0.3, 0.4) is 0 Å². The second kappa shape index (κ2) is 9.43. The van der Waals surface area contributed by atoms with Crippen LogP contribution in [0.15, 0.2) is 18.2 Å². The van der Waals surface area contributed by atoms with E-state index in [-0.39, 0.29) is 0 Å². The molecule has 1 atom stereocenters. The molecule has 0 aliphatic rings. The highest BCUT2D eigenvalue weighted by Crippen LogP contribution is 2.27. The largest absolute Gasteiger partial charge is 0.490 e. The Morgan fingerprint density at radius 2 is 2.00 bits per heavy atom. The third kappa shape index (κ3) is 7.02. The van der Waals surface area contributed by atoms with Gasteiger partial charge in [-0.25, -0.2) is 0 Å². The molecule has 1 N–H and O–H groups in total. The lowest BCUT2D eigenvalue weighted by Gasteiger charge is -2.12. The van der Waals surface area contributed by atoms with E-state index < -0.39 is 0 Å². The van der Waals surface area contributed by atoms with Crippen LogP contribution in [0.25, 0.3) is 0 Å². The molecular weight excluding hydrogens is 285 g/mol. The molecule has 108 valence electrons. The van der Waals surface area contributed by atoms with Crippen LogP contribution in [-0.4, -0.2) is 32.4 Å². The minimum atomic E-state index is 0.462. The van der Waals surface area contributed by atoms with Crippen LogP contribution >= 0.6 is 23.2 Å². The van der Waals surface area contributed by atoms with Crippen molar-refractivity contribution < 1.29 is 9.47 Å². The fourth-order valence-electron chi connectivity index (χ4n) is 1.42. The molecule has 0 heterocycles. The summed E-state index contributed by atoms with van der Waals surface area (Å²) in [6, 6.07) is 5.68. The molecule has 0 saturated carbocycles. The first-order valence-corrected chi connectivity index (χ1v) is 7.28. The average Bonchev–Trinajstić information content (AvgIpc) is 2.41. The van der Waals surface area contributed by atoms with Gasteiger partial charge in [0, 0.05) is 23.7 Å². The second-order valence-electron chi connectivity index (χ2n) is 4.30. The van der Waals surface area contributed by atoms with Crippen molar-refractivity contribution in [2.45, 2.75) is 26.3 Å². The molecule has 5 heteroatoms. The molecule has 0 aliphatic carbocycles. The van der Waals surface area contributed by atoms with Gasteiger partial charge >= 0.3 is 0 Å². The summed E-state index contributed by atoms with van der Waals surface area (Å²) < 4.78 is 11.0. The number of hydrogen-bond acceptors (Lipinski definition) is 3. The monoisotopic (exact) mass is 305 g/mol. The molecule has 19 heavy (non-hydrogen) atoms. The van der Waals surface area contributed by atoms with Crippen LogP contribution in [-0.2, 0) is 4.74 Å². The Balaban J connectivity index is 2.09. The van der Waals surface area contributed by atoms with Crippen molar-refractivity contribution in [1.29, 1.82) is 0 Å². The molecule has 3 nitrogen and oxygen atoms in total. The van der Waals surface area contributed by atoms with Crippen LogP contribution in [0.2, 0.25) is 10.0 Å². The highest BCUT2D eigenvalue weighted by molar-refractivity contribution is 6.34. The van der Waals surface area contributed by atoms with Gasteiger partial charge in [0.15, 0.2) is 0 Å². The summed E-state index contributed by atoms with van der Waals surface area (Å²) >= 11 is 11.8. The Labute approximate surface area is 125 Å². The molecule has 0 saturated heterocycles. The van der Waals surface area contributed by atoms with Crippen LogP contribution in [0.5, 0.6) is 5.75 Å². The number of nitrogens with one attached hydrogen (secondary N) is 1. The molecular formula is C14H21Cl2NO2. The van der Waals surface area contributed by atoms with Crippen LogP contribution < -0.4 is 10.1 Å². The van der Waals surface area contributed by atoms with E-state index in [1.54, 1.807) is 18.2 Å². The van der Waals surface area contributed by atoms with Gasteiger partial charge in [0.2, 0.25) is 0 Å². The number of benzene rings is 1. The minimum absolute atomic E-state index is 0.462. The molecule has 0 spiro atoms. The van der Waals surface area contributed by atoms with E-state index in [4.69, 9.17) is 32.7 Å². The minimum Gasteiger partial charge on any atom is -0.490 e. The zero-order valence-corrected chi connectivity index (χ0v) is 12.9.